The van der Waals surface area contributed by atoms with E-state index in [2.05, 4.69) is 0 Å². The Bertz CT molecular complexity index is 466. The van der Waals surface area contributed by atoms with E-state index in [4.69, 9.17) is 5.11 Å². The Balaban J connectivity index is 2.24. The van der Waals surface area contributed by atoms with Crippen molar-refractivity contribution in [2.45, 2.75) is 32.1 Å². The summed E-state index contributed by atoms with van der Waals surface area (Å²) in [4.78, 5) is 31.1. The van der Waals surface area contributed by atoms with Crippen LogP contribution < -0.4 is 0 Å². The van der Waals surface area contributed by atoms with Crippen LogP contribution in [-0.2, 0) is 16.0 Å². The van der Waals surface area contributed by atoms with Gasteiger partial charge in [0.15, 0.2) is 0 Å². The molecule has 102 valence electrons. The molecule has 0 atom stereocenters. The van der Waals surface area contributed by atoms with Crippen LogP contribution in [0.1, 0.15) is 31.2 Å². The molecule has 1 rings (SSSR count). The molecule has 6 heteroatoms. The number of carboxylic acids is 1. The zero-order chi connectivity index (χ0) is 14.3. The van der Waals surface area contributed by atoms with Gasteiger partial charge < -0.3 is 5.11 Å². The second kappa shape index (κ2) is 7.25. The normalized spacial score (nSPS) is 10.1. The lowest BCUT2D eigenvalue weighted by Gasteiger charge is -2.01. The summed E-state index contributed by atoms with van der Waals surface area (Å²) in [5.41, 5.74) is 1.06. The molecule has 0 unspecified atom stereocenters. The number of nitro benzene ring substituents is 1. The van der Waals surface area contributed by atoms with Gasteiger partial charge in [-0.25, -0.2) is 4.79 Å². The summed E-state index contributed by atoms with van der Waals surface area (Å²) in [6.45, 7) is 0. The van der Waals surface area contributed by atoms with Crippen molar-refractivity contribution >= 4 is 17.4 Å². The van der Waals surface area contributed by atoms with Crippen LogP contribution in [0.15, 0.2) is 24.3 Å². The molecule has 0 aliphatic carbocycles. The standard InChI is InChI=1S/C13H15NO5/c15-12(13(16)17)5-3-1-2-4-10-6-8-11(9-7-10)14(18)19/h6-9H,1-5H2,(H,16,17). The minimum Gasteiger partial charge on any atom is -0.476 e. The smallest absolute Gasteiger partial charge is 0.372 e. The molecule has 1 aromatic rings. The lowest BCUT2D eigenvalue weighted by molar-refractivity contribution is -0.384. The van der Waals surface area contributed by atoms with Crippen LogP contribution in [0, 0.1) is 10.1 Å². The molecule has 0 aromatic heterocycles. The lowest BCUT2D eigenvalue weighted by Crippen LogP contribution is -2.11. The first-order chi connectivity index (χ1) is 9.00. The molecule has 0 aliphatic rings. The van der Waals surface area contributed by atoms with E-state index in [1.54, 1.807) is 12.1 Å². The Labute approximate surface area is 110 Å². The number of carboxylic acid groups (broad SMARTS) is 1. The maximum Gasteiger partial charge on any atom is 0.372 e. The lowest BCUT2D eigenvalue weighted by atomic mass is 10.0. The van der Waals surface area contributed by atoms with E-state index >= 15 is 0 Å². The van der Waals surface area contributed by atoms with Gasteiger partial charge in [-0.3, -0.25) is 14.9 Å². The quantitative estimate of drug-likeness (QED) is 0.337. The minimum absolute atomic E-state index is 0.0651. The van der Waals surface area contributed by atoms with Crippen LogP contribution in [0.25, 0.3) is 0 Å². The molecule has 1 aromatic carbocycles. The van der Waals surface area contributed by atoms with Crippen LogP contribution in [0.2, 0.25) is 0 Å². The van der Waals surface area contributed by atoms with Crippen molar-refractivity contribution in [3.05, 3.63) is 39.9 Å². The molecule has 1 N–H and O–H groups in total. The number of carbonyl (C=O) groups excluding carboxylic acids is 1. The zero-order valence-electron chi connectivity index (χ0n) is 10.4. The van der Waals surface area contributed by atoms with Crippen LogP contribution >= 0.6 is 0 Å². The maximum atomic E-state index is 10.8. The highest BCUT2D eigenvalue weighted by molar-refractivity contribution is 6.32. The van der Waals surface area contributed by atoms with Gasteiger partial charge in [0.25, 0.3) is 5.69 Å². The first kappa shape index (κ1) is 14.8. The highest BCUT2D eigenvalue weighted by atomic mass is 16.6. The van der Waals surface area contributed by atoms with E-state index in [0.29, 0.717) is 6.42 Å². The minimum atomic E-state index is -1.38. The molecule has 0 fully saturated rings. The molecule has 0 amide bonds. The van der Waals surface area contributed by atoms with Gasteiger partial charge in [0.1, 0.15) is 0 Å². The molecule has 0 bridgehead atoms. The van der Waals surface area contributed by atoms with Gasteiger partial charge in [-0.15, -0.1) is 0 Å². The molecular formula is C13H15NO5. The maximum absolute atomic E-state index is 10.8. The van der Waals surface area contributed by atoms with Crippen molar-refractivity contribution in [1.82, 2.24) is 0 Å². The molecule has 0 saturated carbocycles. The molecule has 0 heterocycles. The summed E-state index contributed by atoms with van der Waals surface area (Å²) in [6.07, 6.45) is 2.97. The summed E-state index contributed by atoms with van der Waals surface area (Å²) in [5.74, 6) is -2.13. The number of ketones is 1. The Hall–Kier alpha value is -2.24. The van der Waals surface area contributed by atoms with E-state index in [1.807, 2.05) is 0 Å². The van der Waals surface area contributed by atoms with Crippen LogP contribution in [0.5, 0.6) is 0 Å². The van der Waals surface area contributed by atoms with E-state index < -0.39 is 16.7 Å². The van der Waals surface area contributed by atoms with E-state index in [0.717, 1.165) is 24.8 Å². The average molecular weight is 265 g/mol. The van der Waals surface area contributed by atoms with Gasteiger partial charge in [-0.2, -0.15) is 0 Å². The van der Waals surface area contributed by atoms with Gasteiger partial charge in [-0.05, 0) is 24.8 Å². The van der Waals surface area contributed by atoms with Crippen molar-refractivity contribution in [1.29, 1.82) is 0 Å². The zero-order valence-corrected chi connectivity index (χ0v) is 10.4. The van der Waals surface area contributed by atoms with Crippen LogP contribution in [-0.4, -0.2) is 21.8 Å². The largest absolute Gasteiger partial charge is 0.476 e. The molecule has 0 radical (unpaired) electrons. The third-order valence-electron chi connectivity index (χ3n) is 2.75. The van der Waals surface area contributed by atoms with Gasteiger partial charge in [0.05, 0.1) is 4.92 Å². The number of aryl methyl sites for hydroxylation is 1. The predicted molar refractivity (Wildman–Crippen MR) is 67.9 cm³/mol. The van der Waals surface area contributed by atoms with E-state index in [1.165, 1.54) is 12.1 Å². The highest BCUT2D eigenvalue weighted by Gasteiger charge is 2.09. The Morgan fingerprint density at radius 1 is 1.11 bits per heavy atom. The van der Waals surface area contributed by atoms with Crippen molar-refractivity contribution in [3.8, 4) is 0 Å². The van der Waals surface area contributed by atoms with E-state index in [-0.39, 0.29) is 12.1 Å². The number of Topliss-reactive ketones (excluding diaryl/α,β-unsaturated/α-hetero) is 1. The number of rotatable bonds is 8. The average Bonchev–Trinajstić information content (AvgIpc) is 2.38. The van der Waals surface area contributed by atoms with Crippen LogP contribution in [0.3, 0.4) is 0 Å². The summed E-state index contributed by atoms with van der Waals surface area (Å²) in [7, 11) is 0. The van der Waals surface area contributed by atoms with Crippen molar-refractivity contribution in [3.63, 3.8) is 0 Å². The fourth-order valence-electron chi connectivity index (χ4n) is 1.68. The Morgan fingerprint density at radius 3 is 2.26 bits per heavy atom. The fraction of sp³-hybridized carbons (Fsp3) is 0.385. The SMILES string of the molecule is O=C(O)C(=O)CCCCCc1ccc([N+](=O)[O-])cc1. The summed E-state index contributed by atoms with van der Waals surface area (Å²) < 4.78 is 0. The number of benzene rings is 1. The third-order valence-corrected chi connectivity index (χ3v) is 2.75. The number of non-ortho nitro benzene ring substituents is 1. The number of nitrogens with zero attached hydrogens (tertiary/aromatic N) is 1. The molecule has 0 spiro atoms. The summed E-state index contributed by atoms with van der Waals surface area (Å²) >= 11 is 0. The molecule has 0 saturated heterocycles. The third kappa shape index (κ3) is 5.29. The van der Waals surface area contributed by atoms with Crippen molar-refractivity contribution < 1.29 is 19.6 Å². The molecule has 6 nitrogen and oxygen atoms in total. The first-order valence-corrected chi connectivity index (χ1v) is 6.00. The second-order valence-corrected chi connectivity index (χ2v) is 4.21. The number of hydrogen-bond acceptors (Lipinski definition) is 4. The van der Waals surface area contributed by atoms with Gasteiger partial charge >= 0.3 is 5.97 Å². The van der Waals surface area contributed by atoms with Gasteiger partial charge in [0, 0.05) is 18.6 Å². The first-order valence-electron chi connectivity index (χ1n) is 6.00. The monoisotopic (exact) mass is 265 g/mol. The van der Waals surface area contributed by atoms with Gasteiger partial charge in [0.2, 0.25) is 5.78 Å². The highest BCUT2D eigenvalue weighted by Crippen LogP contribution is 2.14. The topological polar surface area (TPSA) is 97.5 Å². The van der Waals surface area contributed by atoms with E-state index in [9.17, 15) is 19.7 Å². The molecule has 19 heavy (non-hydrogen) atoms. The summed E-state index contributed by atoms with van der Waals surface area (Å²) in [6, 6.07) is 6.34. The number of aliphatic carboxylic acids is 1. The number of nitro groups is 1. The number of unbranched alkanes of at least 4 members (excludes halogenated alkanes) is 2. The summed E-state index contributed by atoms with van der Waals surface area (Å²) in [5, 5.41) is 18.8. The van der Waals surface area contributed by atoms with Crippen molar-refractivity contribution in [2.75, 3.05) is 0 Å². The predicted octanol–water partition coefficient (Wildman–Crippen LogP) is 2.35. The molecule has 0 aliphatic heterocycles. The Kier molecular flexibility index (Phi) is 5.66. The fourth-order valence-corrected chi connectivity index (χ4v) is 1.68. The van der Waals surface area contributed by atoms with Crippen molar-refractivity contribution in [2.24, 2.45) is 0 Å². The number of carbonyl (C=O) groups is 2. The molecular weight excluding hydrogens is 250 g/mol. The Morgan fingerprint density at radius 2 is 1.74 bits per heavy atom. The number of hydrogen-bond donors (Lipinski definition) is 1. The second-order valence-electron chi connectivity index (χ2n) is 4.21. The van der Waals surface area contributed by atoms with Crippen LogP contribution in [0.4, 0.5) is 5.69 Å². The van der Waals surface area contributed by atoms with Gasteiger partial charge in [-0.1, -0.05) is 18.6 Å².